The first-order valence-corrected chi connectivity index (χ1v) is 22.0. The average molecular weight is 830 g/mol. The molecule has 65 heavy (non-hydrogen) atoms. The predicted octanol–water partition coefficient (Wildman–Crippen LogP) is 14.1. The van der Waals surface area contributed by atoms with Gasteiger partial charge in [0.2, 0.25) is 0 Å². The fourth-order valence-electron chi connectivity index (χ4n) is 10.9. The van der Waals surface area contributed by atoms with Crippen LogP contribution in [0.4, 0.5) is 0 Å². The number of furan rings is 1. The Hall–Kier alpha value is -8.74. The second-order valence-corrected chi connectivity index (χ2v) is 16.9. The Morgan fingerprint density at radius 3 is 1.75 bits per heavy atom. The molecule has 0 atom stereocenters. The molecular formula is C59H35N5O. The zero-order chi connectivity index (χ0) is 42.6. The molecule has 0 unspecified atom stereocenters. The maximum absolute atomic E-state index is 6.41. The highest BCUT2D eigenvalue weighted by Crippen LogP contribution is 2.63. The monoisotopic (exact) mass is 829 g/mol. The molecule has 1 spiro atoms. The van der Waals surface area contributed by atoms with Crippen molar-refractivity contribution < 1.29 is 4.42 Å². The largest absolute Gasteiger partial charge is 0.456 e. The average Bonchev–Trinajstić information content (AvgIpc) is 4.12. The van der Waals surface area contributed by atoms with E-state index in [1.807, 2.05) is 42.5 Å². The number of nitrogens with zero attached hydrogens (tertiary/aromatic N) is 5. The van der Waals surface area contributed by atoms with E-state index in [-0.39, 0.29) is 0 Å². The van der Waals surface area contributed by atoms with E-state index in [0.717, 1.165) is 72.3 Å². The summed E-state index contributed by atoms with van der Waals surface area (Å²) in [6.45, 7) is 0. The first-order valence-electron chi connectivity index (χ1n) is 22.0. The third-order valence-electron chi connectivity index (χ3n) is 13.5. The highest BCUT2D eigenvalue weighted by atomic mass is 16.3. The van der Waals surface area contributed by atoms with Gasteiger partial charge in [-0.2, -0.15) is 0 Å². The first kappa shape index (κ1) is 35.8. The number of para-hydroxylation sites is 3. The Balaban J connectivity index is 1.04. The van der Waals surface area contributed by atoms with Gasteiger partial charge in [0.25, 0.3) is 0 Å². The minimum absolute atomic E-state index is 0.506. The van der Waals surface area contributed by atoms with Crippen molar-refractivity contribution in [3.63, 3.8) is 0 Å². The van der Waals surface area contributed by atoms with Gasteiger partial charge in [0.05, 0.1) is 16.4 Å². The van der Waals surface area contributed by atoms with E-state index >= 15 is 0 Å². The van der Waals surface area contributed by atoms with E-state index in [9.17, 15) is 0 Å². The Kier molecular flexibility index (Phi) is 7.51. The zero-order valence-electron chi connectivity index (χ0n) is 34.9. The lowest BCUT2D eigenvalue weighted by atomic mass is 9.70. The number of hydrogen-bond acceptors (Lipinski definition) is 5. The van der Waals surface area contributed by atoms with Crippen molar-refractivity contribution in [1.29, 1.82) is 0 Å². The van der Waals surface area contributed by atoms with Crippen LogP contribution in [0.1, 0.15) is 22.3 Å². The molecule has 0 saturated carbocycles. The smallest absolute Gasteiger partial charge is 0.164 e. The maximum atomic E-state index is 6.41. The lowest BCUT2D eigenvalue weighted by molar-refractivity contribution is 0.669. The molecule has 12 aromatic rings. The van der Waals surface area contributed by atoms with Crippen LogP contribution in [0.2, 0.25) is 0 Å². The zero-order valence-corrected chi connectivity index (χ0v) is 34.9. The van der Waals surface area contributed by atoms with E-state index in [4.69, 9.17) is 24.4 Å². The molecule has 0 radical (unpaired) electrons. The van der Waals surface area contributed by atoms with E-state index < -0.39 is 5.41 Å². The quantitative estimate of drug-likeness (QED) is 0.173. The van der Waals surface area contributed by atoms with Crippen LogP contribution >= 0.6 is 0 Å². The van der Waals surface area contributed by atoms with Gasteiger partial charge >= 0.3 is 0 Å². The van der Waals surface area contributed by atoms with Crippen LogP contribution in [0, 0.1) is 0 Å². The van der Waals surface area contributed by atoms with Crippen molar-refractivity contribution in [3.05, 3.63) is 235 Å². The summed E-state index contributed by atoms with van der Waals surface area (Å²) in [6, 6.07) is 74.8. The molecule has 2 aliphatic carbocycles. The normalized spacial score (nSPS) is 13.0. The van der Waals surface area contributed by atoms with Crippen molar-refractivity contribution in [3.8, 4) is 73.5 Å². The molecule has 0 amide bonds. The number of rotatable bonds is 5. The van der Waals surface area contributed by atoms with Gasteiger partial charge in [0, 0.05) is 38.7 Å². The topological polar surface area (TPSA) is 69.6 Å². The molecule has 6 nitrogen and oxygen atoms in total. The molecule has 0 fully saturated rings. The molecule has 14 rings (SSSR count). The maximum Gasteiger partial charge on any atom is 0.164 e. The van der Waals surface area contributed by atoms with Crippen LogP contribution in [0.25, 0.3) is 106 Å². The summed E-state index contributed by atoms with van der Waals surface area (Å²) in [7, 11) is 0. The fourth-order valence-corrected chi connectivity index (χ4v) is 10.9. The fraction of sp³-hybridized carbons (Fsp3) is 0.0169. The van der Waals surface area contributed by atoms with Crippen LogP contribution in [-0.2, 0) is 5.41 Å². The molecule has 0 saturated heterocycles. The second-order valence-electron chi connectivity index (χ2n) is 16.9. The highest BCUT2D eigenvalue weighted by molar-refractivity contribution is 6.12. The van der Waals surface area contributed by atoms with Crippen LogP contribution in [-0.4, -0.2) is 24.5 Å². The van der Waals surface area contributed by atoms with Gasteiger partial charge in [-0.15, -0.1) is 0 Å². The van der Waals surface area contributed by atoms with E-state index in [1.165, 1.54) is 38.9 Å². The third-order valence-corrected chi connectivity index (χ3v) is 13.5. The van der Waals surface area contributed by atoms with Gasteiger partial charge < -0.3 is 4.42 Å². The molecular weight excluding hydrogens is 795 g/mol. The number of fused-ring (bicyclic) bond motifs is 14. The van der Waals surface area contributed by atoms with E-state index in [0.29, 0.717) is 17.5 Å². The van der Waals surface area contributed by atoms with Crippen LogP contribution in [0.15, 0.2) is 217 Å². The summed E-state index contributed by atoms with van der Waals surface area (Å²) in [4.78, 5) is 21.5. The van der Waals surface area contributed by atoms with Crippen LogP contribution in [0.5, 0.6) is 0 Å². The van der Waals surface area contributed by atoms with Crippen LogP contribution < -0.4 is 0 Å². The summed E-state index contributed by atoms with van der Waals surface area (Å²) >= 11 is 0. The van der Waals surface area contributed by atoms with Crippen molar-refractivity contribution in [2.24, 2.45) is 0 Å². The highest BCUT2D eigenvalue weighted by Gasteiger charge is 2.52. The standard InChI is InChI=1S/C59H35N5O/c1-2-17-36(18-3-1)58-60-49-31-11-12-32-50(49)64(58)38-20-14-19-37(35-38)55-61-56(63-57(62-55)44-26-16-34-52-54(44)42-24-7-13-33-51(42)65-52)43-25-15-30-48-53(43)41-23-6-10-29-47(41)59(48)45-27-8-4-21-39(45)40-22-5-9-28-46(40)59/h1-35H. The molecule has 3 aromatic heterocycles. The van der Waals surface area contributed by atoms with Gasteiger partial charge in [-0.05, 0) is 80.9 Å². The number of hydrogen-bond donors (Lipinski definition) is 0. The van der Waals surface area contributed by atoms with Gasteiger partial charge in [0.1, 0.15) is 17.0 Å². The van der Waals surface area contributed by atoms with E-state index in [1.54, 1.807) is 0 Å². The van der Waals surface area contributed by atoms with Gasteiger partial charge in [-0.25, -0.2) is 19.9 Å². The molecule has 3 heterocycles. The van der Waals surface area contributed by atoms with Crippen molar-refractivity contribution in [2.75, 3.05) is 0 Å². The molecule has 9 aromatic carbocycles. The van der Waals surface area contributed by atoms with Gasteiger partial charge in [-0.1, -0.05) is 176 Å². The second kappa shape index (κ2) is 13.6. The Morgan fingerprint density at radius 2 is 0.938 bits per heavy atom. The molecule has 6 heteroatoms. The summed E-state index contributed by atoms with van der Waals surface area (Å²) in [5.41, 5.74) is 17.6. The SMILES string of the molecule is c1ccc(-c2nc3ccccc3n2-c2cccc(-c3nc(-c4cccc5c4-c4ccccc4C54c5ccccc5-c5ccccc54)nc(-c4cccc5oc6ccccc6c45)n3)c2)cc1. The lowest BCUT2D eigenvalue weighted by Gasteiger charge is -2.30. The molecule has 2 aliphatic rings. The minimum Gasteiger partial charge on any atom is -0.456 e. The molecule has 0 bridgehead atoms. The Morgan fingerprint density at radius 1 is 0.385 bits per heavy atom. The predicted molar refractivity (Wildman–Crippen MR) is 260 cm³/mol. The lowest BCUT2D eigenvalue weighted by Crippen LogP contribution is -2.25. The summed E-state index contributed by atoms with van der Waals surface area (Å²) in [5.74, 6) is 2.60. The molecule has 0 N–H and O–H groups in total. The van der Waals surface area contributed by atoms with Crippen molar-refractivity contribution >= 4 is 33.0 Å². The van der Waals surface area contributed by atoms with Crippen LogP contribution in [0.3, 0.4) is 0 Å². The number of imidazole rings is 1. The van der Waals surface area contributed by atoms with Crippen molar-refractivity contribution in [2.45, 2.75) is 5.41 Å². The molecule has 0 aliphatic heterocycles. The summed E-state index contributed by atoms with van der Waals surface area (Å²) in [6.07, 6.45) is 0. The van der Waals surface area contributed by atoms with Crippen molar-refractivity contribution in [1.82, 2.24) is 24.5 Å². The van der Waals surface area contributed by atoms with Gasteiger partial charge in [-0.3, -0.25) is 4.57 Å². The number of benzene rings is 9. The molecule has 302 valence electrons. The summed E-state index contributed by atoms with van der Waals surface area (Å²) < 4.78 is 8.64. The van der Waals surface area contributed by atoms with Gasteiger partial charge in [0.15, 0.2) is 17.5 Å². The minimum atomic E-state index is -0.506. The Bertz CT molecular complexity index is 3870. The van der Waals surface area contributed by atoms with E-state index in [2.05, 4.69) is 174 Å². The third kappa shape index (κ3) is 5.05. The first-order chi connectivity index (χ1) is 32.2. The Labute approximate surface area is 373 Å². The summed E-state index contributed by atoms with van der Waals surface area (Å²) in [5, 5.41) is 1.98. The number of aromatic nitrogens is 5.